The van der Waals surface area contributed by atoms with Gasteiger partial charge in [0.1, 0.15) is 5.82 Å². The second-order valence-electron chi connectivity index (χ2n) is 2.94. The van der Waals surface area contributed by atoms with E-state index in [-0.39, 0.29) is 5.82 Å². The molecule has 0 saturated carbocycles. The van der Waals surface area contributed by atoms with Gasteiger partial charge in [-0.1, -0.05) is 0 Å². The summed E-state index contributed by atoms with van der Waals surface area (Å²) < 4.78 is 18.2. The van der Waals surface area contributed by atoms with Crippen LogP contribution in [0.4, 0.5) is 10.2 Å². The molecule has 5 heteroatoms. The van der Waals surface area contributed by atoms with Gasteiger partial charge in [-0.2, -0.15) is 0 Å². The van der Waals surface area contributed by atoms with Gasteiger partial charge in [-0.3, -0.25) is 0 Å². The molecule has 0 radical (unpaired) electrons. The maximum atomic E-state index is 13.4. The summed E-state index contributed by atoms with van der Waals surface area (Å²) in [6, 6.07) is 0. The summed E-state index contributed by atoms with van der Waals surface area (Å²) in [5.41, 5.74) is 0.359. The summed E-state index contributed by atoms with van der Waals surface area (Å²) in [5.74, 6) is 0.405. The quantitative estimate of drug-likeness (QED) is 0.742. The van der Waals surface area contributed by atoms with Crippen molar-refractivity contribution in [1.29, 1.82) is 0 Å². The average molecular weight is 199 g/mol. The molecule has 0 aliphatic rings. The standard InChI is InChI=1S/C9H14FN3O/c1-6-8(10)9(11-4-5-14-3)13-7(2)12-6/h4-5H2,1-3H3,(H,11,12,13). The van der Waals surface area contributed by atoms with Crippen molar-refractivity contribution in [2.45, 2.75) is 13.8 Å². The monoisotopic (exact) mass is 199 g/mol. The highest BCUT2D eigenvalue weighted by atomic mass is 19.1. The number of nitrogens with zero attached hydrogens (tertiary/aromatic N) is 2. The number of hydrogen-bond donors (Lipinski definition) is 1. The van der Waals surface area contributed by atoms with Gasteiger partial charge < -0.3 is 10.1 Å². The fraction of sp³-hybridized carbons (Fsp3) is 0.556. The van der Waals surface area contributed by atoms with Crippen LogP contribution >= 0.6 is 0 Å². The van der Waals surface area contributed by atoms with E-state index in [4.69, 9.17) is 4.74 Å². The van der Waals surface area contributed by atoms with E-state index in [1.165, 1.54) is 0 Å². The Morgan fingerprint density at radius 1 is 1.36 bits per heavy atom. The van der Waals surface area contributed by atoms with Gasteiger partial charge in [0.15, 0.2) is 11.6 Å². The topological polar surface area (TPSA) is 47.0 Å². The minimum atomic E-state index is -0.397. The van der Waals surface area contributed by atoms with Crippen molar-refractivity contribution < 1.29 is 9.13 Å². The van der Waals surface area contributed by atoms with E-state index in [1.54, 1.807) is 21.0 Å². The molecule has 78 valence electrons. The Kier molecular flexibility index (Phi) is 3.76. The summed E-state index contributed by atoms with van der Waals surface area (Å²) >= 11 is 0. The van der Waals surface area contributed by atoms with Crippen LogP contribution in [0.5, 0.6) is 0 Å². The van der Waals surface area contributed by atoms with Gasteiger partial charge in [0.25, 0.3) is 0 Å². The van der Waals surface area contributed by atoms with E-state index in [2.05, 4.69) is 15.3 Å². The summed E-state index contributed by atoms with van der Waals surface area (Å²) in [6.07, 6.45) is 0. The first kappa shape index (κ1) is 10.8. The zero-order valence-corrected chi connectivity index (χ0v) is 8.59. The molecule has 0 fully saturated rings. The maximum absolute atomic E-state index is 13.4. The van der Waals surface area contributed by atoms with Crippen molar-refractivity contribution >= 4 is 5.82 Å². The fourth-order valence-corrected chi connectivity index (χ4v) is 1.09. The molecule has 0 spiro atoms. The smallest absolute Gasteiger partial charge is 0.186 e. The molecule has 0 unspecified atom stereocenters. The van der Waals surface area contributed by atoms with Crippen molar-refractivity contribution in [3.8, 4) is 0 Å². The number of nitrogens with one attached hydrogen (secondary N) is 1. The second-order valence-corrected chi connectivity index (χ2v) is 2.94. The van der Waals surface area contributed by atoms with Crippen LogP contribution in [0, 0.1) is 19.7 Å². The molecule has 0 bridgehead atoms. The van der Waals surface area contributed by atoms with E-state index in [0.717, 1.165) is 0 Å². The maximum Gasteiger partial charge on any atom is 0.186 e. The first-order valence-electron chi connectivity index (χ1n) is 4.38. The Hall–Kier alpha value is -1.23. The Bertz CT molecular complexity index is 317. The van der Waals surface area contributed by atoms with Gasteiger partial charge >= 0.3 is 0 Å². The number of aromatic nitrogens is 2. The lowest BCUT2D eigenvalue weighted by atomic mass is 10.4. The number of hydrogen-bond acceptors (Lipinski definition) is 4. The van der Waals surface area contributed by atoms with Crippen LogP contribution in [0.15, 0.2) is 0 Å². The summed E-state index contributed by atoms with van der Waals surface area (Å²) in [4.78, 5) is 7.86. The van der Waals surface area contributed by atoms with Crippen molar-refractivity contribution in [2.75, 3.05) is 25.6 Å². The predicted octanol–water partition coefficient (Wildman–Crippen LogP) is 1.29. The Labute approximate surface area is 82.5 Å². The molecular formula is C9H14FN3O. The zero-order valence-electron chi connectivity index (χ0n) is 8.59. The zero-order chi connectivity index (χ0) is 10.6. The number of anilines is 1. The number of aryl methyl sites for hydroxylation is 2. The number of methoxy groups -OCH3 is 1. The van der Waals surface area contributed by atoms with Gasteiger partial charge in [0.05, 0.1) is 12.3 Å². The van der Waals surface area contributed by atoms with Crippen molar-refractivity contribution in [1.82, 2.24) is 9.97 Å². The molecule has 0 amide bonds. The van der Waals surface area contributed by atoms with Crippen LogP contribution in [0.1, 0.15) is 11.5 Å². The lowest BCUT2D eigenvalue weighted by molar-refractivity contribution is 0.210. The molecule has 0 aliphatic carbocycles. The first-order chi connectivity index (χ1) is 6.65. The minimum absolute atomic E-state index is 0.243. The van der Waals surface area contributed by atoms with Crippen LogP contribution in [-0.2, 0) is 4.74 Å². The molecule has 1 heterocycles. The van der Waals surface area contributed by atoms with E-state index in [9.17, 15) is 4.39 Å². The molecule has 0 atom stereocenters. The van der Waals surface area contributed by atoms with Gasteiger partial charge in [0, 0.05) is 13.7 Å². The van der Waals surface area contributed by atoms with Crippen LogP contribution in [0.3, 0.4) is 0 Å². The number of halogens is 1. The van der Waals surface area contributed by atoms with Crippen molar-refractivity contribution in [3.05, 3.63) is 17.3 Å². The lowest BCUT2D eigenvalue weighted by Crippen LogP contribution is -2.12. The second kappa shape index (κ2) is 4.85. The Balaban J connectivity index is 2.75. The molecule has 1 rings (SSSR count). The molecule has 14 heavy (non-hydrogen) atoms. The molecule has 1 aromatic rings. The SMILES string of the molecule is COCCNc1nc(C)nc(C)c1F. The third-order valence-corrected chi connectivity index (χ3v) is 1.73. The third-order valence-electron chi connectivity index (χ3n) is 1.73. The van der Waals surface area contributed by atoms with Crippen LogP contribution < -0.4 is 5.32 Å². The molecule has 1 aromatic heterocycles. The van der Waals surface area contributed by atoms with Crippen molar-refractivity contribution in [2.24, 2.45) is 0 Å². The normalized spacial score (nSPS) is 10.3. The Morgan fingerprint density at radius 2 is 2.07 bits per heavy atom. The molecule has 0 saturated heterocycles. The summed E-state index contributed by atoms with van der Waals surface area (Å²) in [7, 11) is 1.59. The lowest BCUT2D eigenvalue weighted by Gasteiger charge is -2.07. The third kappa shape index (κ3) is 2.63. The molecule has 1 N–H and O–H groups in total. The largest absolute Gasteiger partial charge is 0.383 e. The highest BCUT2D eigenvalue weighted by Crippen LogP contribution is 2.12. The summed E-state index contributed by atoms with van der Waals surface area (Å²) in [5, 5.41) is 2.84. The fourth-order valence-electron chi connectivity index (χ4n) is 1.09. The number of rotatable bonds is 4. The molecular weight excluding hydrogens is 185 g/mol. The van der Waals surface area contributed by atoms with Crippen molar-refractivity contribution in [3.63, 3.8) is 0 Å². The van der Waals surface area contributed by atoms with Gasteiger partial charge in [-0.25, -0.2) is 14.4 Å². The molecule has 0 aliphatic heterocycles. The van der Waals surface area contributed by atoms with Gasteiger partial charge in [-0.05, 0) is 13.8 Å². The van der Waals surface area contributed by atoms with E-state index >= 15 is 0 Å². The van der Waals surface area contributed by atoms with E-state index in [1.807, 2.05) is 0 Å². The van der Waals surface area contributed by atoms with Crippen LogP contribution in [0.2, 0.25) is 0 Å². The average Bonchev–Trinajstić information content (AvgIpc) is 2.13. The highest BCUT2D eigenvalue weighted by Gasteiger charge is 2.08. The number of ether oxygens (including phenoxy) is 1. The first-order valence-corrected chi connectivity index (χ1v) is 4.38. The van der Waals surface area contributed by atoms with Gasteiger partial charge in [0.2, 0.25) is 0 Å². The van der Waals surface area contributed by atoms with E-state index in [0.29, 0.717) is 24.7 Å². The molecule has 4 nitrogen and oxygen atoms in total. The molecule has 0 aromatic carbocycles. The van der Waals surface area contributed by atoms with Gasteiger partial charge in [-0.15, -0.1) is 0 Å². The summed E-state index contributed by atoms with van der Waals surface area (Å²) in [6.45, 7) is 4.39. The van der Waals surface area contributed by atoms with Crippen LogP contribution in [-0.4, -0.2) is 30.2 Å². The van der Waals surface area contributed by atoms with Crippen LogP contribution in [0.25, 0.3) is 0 Å². The Morgan fingerprint density at radius 3 is 2.71 bits per heavy atom. The predicted molar refractivity (Wildman–Crippen MR) is 51.8 cm³/mol. The minimum Gasteiger partial charge on any atom is -0.383 e. The van der Waals surface area contributed by atoms with E-state index < -0.39 is 5.82 Å². The highest BCUT2D eigenvalue weighted by molar-refractivity contribution is 5.37.